The van der Waals surface area contributed by atoms with Crippen LogP contribution in [0.3, 0.4) is 0 Å². The summed E-state index contributed by atoms with van der Waals surface area (Å²) in [6, 6.07) is 1.82. The van der Waals surface area contributed by atoms with Gasteiger partial charge in [0, 0.05) is 31.9 Å². The second-order valence-electron chi connectivity index (χ2n) is 7.63. The van der Waals surface area contributed by atoms with E-state index in [1.165, 1.54) is 0 Å². The predicted octanol–water partition coefficient (Wildman–Crippen LogP) is 1.53. The van der Waals surface area contributed by atoms with Gasteiger partial charge in [-0.3, -0.25) is 9.59 Å². The van der Waals surface area contributed by atoms with Gasteiger partial charge in [-0.15, -0.1) is 0 Å². The summed E-state index contributed by atoms with van der Waals surface area (Å²) in [7, 11) is 1.94. The van der Waals surface area contributed by atoms with Gasteiger partial charge in [-0.2, -0.15) is 0 Å². The molecule has 0 N–H and O–H groups in total. The fourth-order valence-electron chi connectivity index (χ4n) is 4.60. The lowest BCUT2D eigenvalue weighted by molar-refractivity contribution is -0.139. The third kappa shape index (κ3) is 1.86. The van der Waals surface area contributed by atoms with Crippen LogP contribution in [0.4, 0.5) is 0 Å². The lowest BCUT2D eigenvalue weighted by Crippen LogP contribution is -2.51. The average molecular weight is 331 g/mol. The van der Waals surface area contributed by atoms with E-state index in [1.807, 2.05) is 40.6 Å². The first-order valence-corrected chi connectivity index (χ1v) is 8.76. The molecule has 0 aliphatic carbocycles. The number of aryl methyl sites for hydroxylation is 1. The minimum absolute atomic E-state index is 0.0150. The molecular weight excluding hydrogens is 306 g/mol. The highest BCUT2D eigenvalue weighted by atomic mass is 16.5. The first-order valence-electron chi connectivity index (χ1n) is 8.76. The maximum absolute atomic E-state index is 13.1. The van der Waals surface area contributed by atoms with Crippen molar-refractivity contribution in [2.24, 2.45) is 13.0 Å². The fourth-order valence-corrected chi connectivity index (χ4v) is 4.60. The van der Waals surface area contributed by atoms with Crippen LogP contribution in [0, 0.1) is 12.8 Å². The van der Waals surface area contributed by atoms with Crippen LogP contribution in [0.5, 0.6) is 0 Å². The molecule has 3 aliphatic rings. The third-order valence-electron chi connectivity index (χ3n) is 6.13. The van der Waals surface area contributed by atoms with Crippen molar-refractivity contribution in [3.8, 4) is 0 Å². The van der Waals surface area contributed by atoms with Crippen LogP contribution >= 0.6 is 0 Å². The quantitative estimate of drug-likeness (QED) is 0.826. The molecule has 1 spiro atoms. The molecule has 3 saturated heterocycles. The Morgan fingerprint density at radius 2 is 2.17 bits per heavy atom. The number of aromatic nitrogens is 1. The first kappa shape index (κ1) is 15.7. The summed E-state index contributed by atoms with van der Waals surface area (Å²) in [5, 5.41) is 0. The summed E-state index contributed by atoms with van der Waals surface area (Å²) in [6.07, 6.45) is 2.99. The highest BCUT2D eigenvalue weighted by Gasteiger charge is 2.65. The van der Waals surface area contributed by atoms with Crippen molar-refractivity contribution in [1.29, 1.82) is 0 Å². The van der Waals surface area contributed by atoms with E-state index < -0.39 is 5.72 Å². The Kier molecular flexibility index (Phi) is 3.33. The Balaban J connectivity index is 1.66. The van der Waals surface area contributed by atoms with E-state index in [2.05, 4.69) is 13.8 Å². The standard InChI is InChI=1S/C18H25N3O3/c1-11(2)14-10-24-18-6-8-20(15(18)9-16(22)21(14)18)17(23)13-5-7-19(4)12(13)3/h5,7,11,14-15H,6,8-10H2,1-4H3/t14-,15+,18-/m0/s1. The first-order chi connectivity index (χ1) is 11.4. The topological polar surface area (TPSA) is 54.8 Å². The number of hydrogen-bond donors (Lipinski definition) is 0. The number of rotatable bonds is 2. The maximum atomic E-state index is 13.1. The van der Waals surface area contributed by atoms with Crippen LogP contribution in [0.1, 0.15) is 42.7 Å². The van der Waals surface area contributed by atoms with E-state index in [-0.39, 0.29) is 23.9 Å². The number of carbonyl (C=O) groups excluding carboxylic acids is 2. The molecule has 0 radical (unpaired) electrons. The predicted molar refractivity (Wildman–Crippen MR) is 88.4 cm³/mol. The number of nitrogens with zero attached hydrogens (tertiary/aromatic N) is 3. The lowest BCUT2D eigenvalue weighted by Gasteiger charge is -2.34. The SMILES string of the molecule is Cc1c(C(=O)N2CC[C@@]34OC[C@@H](C(C)C)N3C(=O)C[C@@H]24)ccn1C. The Morgan fingerprint density at radius 3 is 2.79 bits per heavy atom. The molecular formula is C18H25N3O3. The van der Waals surface area contributed by atoms with E-state index in [4.69, 9.17) is 4.74 Å². The van der Waals surface area contributed by atoms with E-state index >= 15 is 0 Å². The molecule has 0 bridgehead atoms. The van der Waals surface area contributed by atoms with Gasteiger partial charge in [0.25, 0.3) is 5.91 Å². The highest BCUT2D eigenvalue weighted by Crippen LogP contribution is 2.49. The molecule has 1 aromatic heterocycles. The van der Waals surface area contributed by atoms with Crippen molar-refractivity contribution >= 4 is 11.8 Å². The average Bonchev–Trinajstić information content (AvgIpc) is 3.22. The summed E-state index contributed by atoms with van der Waals surface area (Å²) in [5.41, 5.74) is 1.08. The Bertz CT molecular complexity index is 710. The lowest BCUT2D eigenvalue weighted by atomic mass is 10.0. The highest BCUT2D eigenvalue weighted by molar-refractivity contribution is 5.97. The number of likely N-dealkylation sites (tertiary alicyclic amines) is 1. The van der Waals surface area contributed by atoms with E-state index in [0.29, 0.717) is 31.9 Å². The molecule has 4 heterocycles. The second kappa shape index (κ2) is 5.09. The van der Waals surface area contributed by atoms with Gasteiger partial charge in [0.2, 0.25) is 5.91 Å². The summed E-state index contributed by atoms with van der Waals surface area (Å²) < 4.78 is 8.14. The minimum atomic E-state index is -0.593. The molecule has 6 nitrogen and oxygen atoms in total. The van der Waals surface area contributed by atoms with Gasteiger partial charge in [-0.1, -0.05) is 13.8 Å². The van der Waals surface area contributed by atoms with Gasteiger partial charge < -0.3 is 19.1 Å². The van der Waals surface area contributed by atoms with Crippen molar-refractivity contribution in [2.75, 3.05) is 13.2 Å². The second-order valence-corrected chi connectivity index (χ2v) is 7.63. The fraction of sp³-hybridized carbons (Fsp3) is 0.667. The molecule has 130 valence electrons. The van der Waals surface area contributed by atoms with Gasteiger partial charge >= 0.3 is 0 Å². The smallest absolute Gasteiger partial charge is 0.256 e. The molecule has 0 saturated carbocycles. The maximum Gasteiger partial charge on any atom is 0.256 e. The molecule has 0 aromatic carbocycles. The summed E-state index contributed by atoms with van der Waals surface area (Å²) >= 11 is 0. The van der Waals surface area contributed by atoms with Crippen LogP contribution in [0.2, 0.25) is 0 Å². The molecule has 4 rings (SSSR count). The van der Waals surface area contributed by atoms with Crippen molar-refractivity contribution in [3.05, 3.63) is 23.5 Å². The van der Waals surface area contributed by atoms with Crippen LogP contribution in [0.15, 0.2) is 12.3 Å². The van der Waals surface area contributed by atoms with Gasteiger partial charge in [-0.05, 0) is 18.9 Å². The number of amides is 2. The van der Waals surface area contributed by atoms with E-state index in [9.17, 15) is 9.59 Å². The third-order valence-corrected chi connectivity index (χ3v) is 6.13. The van der Waals surface area contributed by atoms with Crippen LogP contribution in [-0.2, 0) is 16.6 Å². The Morgan fingerprint density at radius 1 is 1.42 bits per heavy atom. The molecule has 6 heteroatoms. The molecule has 24 heavy (non-hydrogen) atoms. The number of carbonyl (C=O) groups is 2. The summed E-state index contributed by atoms with van der Waals surface area (Å²) in [6.45, 7) is 7.42. The number of hydrogen-bond acceptors (Lipinski definition) is 3. The van der Waals surface area contributed by atoms with Crippen molar-refractivity contribution < 1.29 is 14.3 Å². The van der Waals surface area contributed by atoms with Crippen LogP contribution < -0.4 is 0 Å². The minimum Gasteiger partial charge on any atom is -0.354 e. The molecule has 2 amide bonds. The van der Waals surface area contributed by atoms with Crippen LogP contribution in [-0.4, -0.2) is 57.1 Å². The zero-order chi connectivity index (χ0) is 17.2. The van der Waals surface area contributed by atoms with Crippen molar-refractivity contribution in [1.82, 2.24) is 14.4 Å². The van der Waals surface area contributed by atoms with Crippen molar-refractivity contribution in [2.45, 2.75) is 51.4 Å². The van der Waals surface area contributed by atoms with Gasteiger partial charge in [-0.25, -0.2) is 0 Å². The van der Waals surface area contributed by atoms with E-state index in [0.717, 1.165) is 11.3 Å². The van der Waals surface area contributed by atoms with Crippen molar-refractivity contribution in [3.63, 3.8) is 0 Å². The summed E-state index contributed by atoms with van der Waals surface area (Å²) in [4.78, 5) is 29.5. The Labute approximate surface area is 142 Å². The number of ether oxygens (including phenoxy) is 1. The molecule has 0 unspecified atom stereocenters. The van der Waals surface area contributed by atoms with Gasteiger partial charge in [0.15, 0.2) is 5.72 Å². The van der Waals surface area contributed by atoms with E-state index in [1.54, 1.807) is 0 Å². The molecule has 3 atom stereocenters. The van der Waals surface area contributed by atoms with Crippen LogP contribution in [0.25, 0.3) is 0 Å². The Hall–Kier alpha value is -1.82. The molecule has 3 fully saturated rings. The molecule has 3 aliphatic heterocycles. The monoisotopic (exact) mass is 331 g/mol. The summed E-state index contributed by atoms with van der Waals surface area (Å²) in [5.74, 6) is 0.493. The normalized spacial score (nSPS) is 32.0. The largest absolute Gasteiger partial charge is 0.354 e. The zero-order valence-corrected chi connectivity index (χ0v) is 14.8. The molecule has 1 aromatic rings. The zero-order valence-electron chi connectivity index (χ0n) is 14.8. The van der Waals surface area contributed by atoms with Gasteiger partial charge in [0.1, 0.15) is 0 Å². The van der Waals surface area contributed by atoms with Gasteiger partial charge in [0.05, 0.1) is 30.7 Å².